The van der Waals surface area contributed by atoms with Crippen LogP contribution in [-0.4, -0.2) is 50.7 Å². The molecule has 2 aliphatic rings. The van der Waals surface area contributed by atoms with Crippen LogP contribution in [0.25, 0.3) is 0 Å². The van der Waals surface area contributed by atoms with Crippen LogP contribution in [0, 0.1) is 5.92 Å². The number of hydrogen-bond acceptors (Lipinski definition) is 4. The van der Waals surface area contributed by atoms with Crippen LogP contribution < -0.4 is 14.8 Å². The van der Waals surface area contributed by atoms with E-state index in [-0.39, 0.29) is 5.91 Å². The summed E-state index contributed by atoms with van der Waals surface area (Å²) in [5, 5.41) is 3.46. The number of likely N-dealkylation sites (tertiary alicyclic amines) is 1. The first-order valence-electron chi connectivity index (χ1n) is 6.98. The molecule has 20 heavy (non-hydrogen) atoms. The number of carbonyl (C=O) groups excluding carboxylic acids is 1. The SMILES string of the molecule is COc1cccc(C(=O)N2C[C@@H]3CCN[C@@H]3C2)c1OC. The normalized spacial score (nSPS) is 24.6. The Morgan fingerprint density at radius 1 is 1.30 bits per heavy atom. The molecule has 1 aromatic rings. The Hall–Kier alpha value is -1.75. The van der Waals surface area contributed by atoms with Crippen molar-refractivity contribution in [3.8, 4) is 11.5 Å². The van der Waals surface area contributed by atoms with Gasteiger partial charge >= 0.3 is 0 Å². The van der Waals surface area contributed by atoms with Crippen molar-refractivity contribution in [1.29, 1.82) is 0 Å². The highest BCUT2D eigenvalue weighted by Gasteiger charge is 2.38. The largest absolute Gasteiger partial charge is 0.493 e. The molecule has 2 aliphatic heterocycles. The minimum Gasteiger partial charge on any atom is -0.493 e. The molecule has 0 spiro atoms. The molecule has 2 fully saturated rings. The van der Waals surface area contributed by atoms with Gasteiger partial charge in [-0.3, -0.25) is 4.79 Å². The van der Waals surface area contributed by atoms with Crippen molar-refractivity contribution in [2.45, 2.75) is 12.5 Å². The number of para-hydroxylation sites is 1. The van der Waals surface area contributed by atoms with Crippen LogP contribution in [0.2, 0.25) is 0 Å². The van der Waals surface area contributed by atoms with Crippen LogP contribution in [0.5, 0.6) is 11.5 Å². The van der Waals surface area contributed by atoms with Gasteiger partial charge in [-0.15, -0.1) is 0 Å². The predicted molar refractivity (Wildman–Crippen MR) is 75.3 cm³/mol. The zero-order valence-corrected chi connectivity index (χ0v) is 11.9. The first-order valence-corrected chi connectivity index (χ1v) is 6.98. The fraction of sp³-hybridized carbons (Fsp3) is 0.533. The second-order valence-electron chi connectivity index (χ2n) is 5.36. The molecule has 3 rings (SSSR count). The van der Waals surface area contributed by atoms with Gasteiger partial charge in [-0.1, -0.05) is 6.07 Å². The summed E-state index contributed by atoms with van der Waals surface area (Å²) in [7, 11) is 3.14. The van der Waals surface area contributed by atoms with Crippen molar-refractivity contribution in [2.24, 2.45) is 5.92 Å². The lowest BCUT2D eigenvalue weighted by molar-refractivity contribution is 0.0778. The van der Waals surface area contributed by atoms with E-state index in [4.69, 9.17) is 9.47 Å². The highest BCUT2D eigenvalue weighted by Crippen LogP contribution is 2.33. The first kappa shape index (κ1) is 13.2. The van der Waals surface area contributed by atoms with Gasteiger partial charge in [-0.05, 0) is 31.0 Å². The Labute approximate surface area is 118 Å². The number of nitrogens with zero attached hydrogens (tertiary/aromatic N) is 1. The minimum absolute atomic E-state index is 0.0250. The van der Waals surface area contributed by atoms with Gasteiger partial charge < -0.3 is 19.7 Å². The third-order valence-corrected chi connectivity index (χ3v) is 4.28. The molecule has 108 valence electrons. The van der Waals surface area contributed by atoms with Crippen LogP contribution in [0.3, 0.4) is 0 Å². The van der Waals surface area contributed by atoms with Gasteiger partial charge in [-0.25, -0.2) is 0 Å². The number of benzene rings is 1. The number of carbonyl (C=O) groups is 1. The molecule has 1 aromatic carbocycles. The molecule has 2 atom stereocenters. The number of amides is 1. The van der Waals surface area contributed by atoms with E-state index < -0.39 is 0 Å². The minimum atomic E-state index is 0.0250. The smallest absolute Gasteiger partial charge is 0.257 e. The van der Waals surface area contributed by atoms with Crippen molar-refractivity contribution in [1.82, 2.24) is 10.2 Å². The molecule has 1 N–H and O–H groups in total. The number of nitrogens with one attached hydrogen (secondary N) is 1. The second-order valence-corrected chi connectivity index (χ2v) is 5.36. The first-order chi connectivity index (χ1) is 9.74. The average molecular weight is 276 g/mol. The molecule has 2 heterocycles. The summed E-state index contributed by atoms with van der Waals surface area (Å²) >= 11 is 0. The Balaban J connectivity index is 1.84. The molecule has 0 aliphatic carbocycles. The van der Waals surface area contributed by atoms with Gasteiger partial charge in [0.1, 0.15) is 0 Å². The van der Waals surface area contributed by atoms with E-state index in [1.807, 2.05) is 11.0 Å². The summed E-state index contributed by atoms with van der Waals surface area (Å²) < 4.78 is 10.6. The van der Waals surface area contributed by atoms with Crippen molar-refractivity contribution in [3.63, 3.8) is 0 Å². The zero-order chi connectivity index (χ0) is 14.1. The maximum atomic E-state index is 12.7. The van der Waals surface area contributed by atoms with E-state index in [2.05, 4.69) is 5.32 Å². The quantitative estimate of drug-likeness (QED) is 0.899. The number of hydrogen-bond donors (Lipinski definition) is 1. The molecule has 0 radical (unpaired) electrons. The Bertz CT molecular complexity index is 506. The van der Waals surface area contributed by atoms with Gasteiger partial charge in [-0.2, -0.15) is 0 Å². The van der Waals surface area contributed by atoms with Crippen molar-refractivity contribution in [2.75, 3.05) is 33.9 Å². The van der Waals surface area contributed by atoms with Gasteiger partial charge in [0.2, 0.25) is 0 Å². The molecule has 5 heteroatoms. The molecule has 5 nitrogen and oxygen atoms in total. The number of fused-ring (bicyclic) bond motifs is 1. The fourth-order valence-electron chi connectivity index (χ4n) is 3.24. The van der Waals surface area contributed by atoms with E-state index >= 15 is 0 Å². The van der Waals surface area contributed by atoms with Crippen LogP contribution in [0.4, 0.5) is 0 Å². The van der Waals surface area contributed by atoms with Crippen molar-refractivity contribution < 1.29 is 14.3 Å². The predicted octanol–water partition coefficient (Wildman–Crippen LogP) is 1.14. The number of rotatable bonds is 3. The summed E-state index contributed by atoms with van der Waals surface area (Å²) in [4.78, 5) is 14.6. The summed E-state index contributed by atoms with van der Waals surface area (Å²) in [6.45, 7) is 2.68. The van der Waals surface area contributed by atoms with Crippen LogP contribution in [-0.2, 0) is 0 Å². The maximum absolute atomic E-state index is 12.7. The van der Waals surface area contributed by atoms with Crippen LogP contribution in [0.15, 0.2) is 18.2 Å². The number of ether oxygens (including phenoxy) is 2. The van der Waals surface area contributed by atoms with Gasteiger partial charge in [0.25, 0.3) is 5.91 Å². The van der Waals surface area contributed by atoms with E-state index in [0.29, 0.717) is 29.0 Å². The summed E-state index contributed by atoms with van der Waals surface area (Å²) in [6, 6.07) is 5.88. The second kappa shape index (κ2) is 5.32. The summed E-state index contributed by atoms with van der Waals surface area (Å²) in [6.07, 6.45) is 1.16. The average Bonchev–Trinajstić information content (AvgIpc) is 3.06. The maximum Gasteiger partial charge on any atom is 0.257 e. The molecule has 1 amide bonds. The molecular weight excluding hydrogens is 256 g/mol. The highest BCUT2D eigenvalue weighted by molar-refractivity contribution is 5.98. The van der Waals surface area contributed by atoms with Crippen molar-refractivity contribution >= 4 is 5.91 Å². The molecule has 0 bridgehead atoms. The van der Waals surface area contributed by atoms with Gasteiger partial charge in [0.05, 0.1) is 19.8 Å². The fourth-order valence-corrected chi connectivity index (χ4v) is 3.24. The zero-order valence-electron chi connectivity index (χ0n) is 11.9. The molecule has 2 saturated heterocycles. The molecule has 0 aromatic heterocycles. The topological polar surface area (TPSA) is 50.8 Å². The van der Waals surface area contributed by atoms with E-state index in [1.54, 1.807) is 26.4 Å². The molecular formula is C15H20N2O3. The Morgan fingerprint density at radius 3 is 2.85 bits per heavy atom. The monoisotopic (exact) mass is 276 g/mol. The summed E-state index contributed by atoms with van der Waals surface area (Å²) in [5.74, 6) is 1.73. The molecule has 0 unspecified atom stereocenters. The van der Waals surface area contributed by atoms with E-state index in [0.717, 1.165) is 26.1 Å². The third kappa shape index (κ3) is 2.12. The van der Waals surface area contributed by atoms with E-state index in [9.17, 15) is 4.79 Å². The van der Waals surface area contributed by atoms with E-state index in [1.165, 1.54) is 0 Å². The Morgan fingerprint density at radius 2 is 2.15 bits per heavy atom. The lowest BCUT2D eigenvalue weighted by Crippen LogP contribution is -2.34. The van der Waals surface area contributed by atoms with Gasteiger partial charge in [0, 0.05) is 19.1 Å². The summed E-state index contributed by atoms with van der Waals surface area (Å²) in [5.41, 5.74) is 0.576. The number of methoxy groups -OCH3 is 2. The van der Waals surface area contributed by atoms with Crippen LogP contribution >= 0.6 is 0 Å². The van der Waals surface area contributed by atoms with Crippen LogP contribution in [0.1, 0.15) is 16.8 Å². The standard InChI is InChI=1S/C15H20N2O3/c1-19-13-5-3-4-11(14(13)20-2)15(18)17-8-10-6-7-16-12(10)9-17/h3-5,10,12,16H,6-9H2,1-2H3/t10-,12+/m0/s1. The lowest BCUT2D eigenvalue weighted by atomic mass is 10.1. The van der Waals surface area contributed by atoms with Crippen molar-refractivity contribution in [3.05, 3.63) is 23.8 Å². The molecule has 0 saturated carbocycles. The highest BCUT2D eigenvalue weighted by atomic mass is 16.5. The Kier molecular flexibility index (Phi) is 3.53. The lowest BCUT2D eigenvalue weighted by Gasteiger charge is -2.19. The van der Waals surface area contributed by atoms with Gasteiger partial charge in [0.15, 0.2) is 11.5 Å². The third-order valence-electron chi connectivity index (χ3n) is 4.28.